The highest BCUT2D eigenvalue weighted by atomic mass is 32.1. The molecule has 0 saturated carbocycles. The molecule has 11 heteroatoms. The van der Waals surface area contributed by atoms with E-state index in [2.05, 4.69) is 28.2 Å². The lowest BCUT2D eigenvalue weighted by molar-refractivity contribution is -0.000510. The number of nitrogens with one attached hydrogen (secondary N) is 1. The van der Waals surface area contributed by atoms with E-state index in [1.807, 2.05) is 19.9 Å². The van der Waals surface area contributed by atoms with Gasteiger partial charge < -0.3 is 19.9 Å². The van der Waals surface area contributed by atoms with Crippen molar-refractivity contribution in [2.75, 3.05) is 48.0 Å². The number of halogens is 1. The predicted molar refractivity (Wildman–Crippen MR) is 194 cm³/mol. The zero-order chi connectivity index (χ0) is 33.9. The van der Waals surface area contributed by atoms with Gasteiger partial charge in [0, 0.05) is 71.0 Å². The topological polar surface area (TPSA) is 87.7 Å². The lowest BCUT2D eigenvalue weighted by Crippen LogP contribution is -2.59. The zero-order valence-electron chi connectivity index (χ0n) is 27.6. The van der Waals surface area contributed by atoms with Gasteiger partial charge in [-0.1, -0.05) is 0 Å². The highest BCUT2D eigenvalue weighted by molar-refractivity contribution is 7.23. The third-order valence-electron chi connectivity index (χ3n) is 9.94. The Kier molecular flexibility index (Phi) is 8.08. The summed E-state index contributed by atoms with van der Waals surface area (Å²) in [6, 6.07) is 15.6. The molecule has 2 fully saturated rings. The van der Waals surface area contributed by atoms with Gasteiger partial charge in [0.15, 0.2) is 0 Å². The molecule has 0 atom stereocenters. The van der Waals surface area contributed by atoms with Crippen LogP contribution in [-0.2, 0) is 11.2 Å². The Bertz CT molecular complexity index is 2070. The van der Waals surface area contributed by atoms with Crippen LogP contribution in [0.1, 0.15) is 55.3 Å². The summed E-state index contributed by atoms with van der Waals surface area (Å²) < 4.78 is 20.3. The average molecular weight is 694 g/mol. The second kappa shape index (κ2) is 12.5. The number of hydrogen-bond donors (Lipinski definition) is 1. The first-order valence-electron chi connectivity index (χ1n) is 16.6. The van der Waals surface area contributed by atoms with E-state index in [0.29, 0.717) is 41.3 Å². The van der Waals surface area contributed by atoms with Crippen LogP contribution in [0.4, 0.5) is 21.6 Å². The van der Waals surface area contributed by atoms with Crippen LogP contribution in [0.25, 0.3) is 20.3 Å². The summed E-state index contributed by atoms with van der Waals surface area (Å²) in [5.74, 6) is -0.177. The molecule has 250 valence electrons. The lowest BCUT2D eigenvalue weighted by Gasteiger charge is -2.53. The standard InChI is InChI=1S/C38H36FN5O3S2/c1-22-16-30(34(40-19-22)43-20-38(21-43)11-14-47-15-12-38)35(45)42-28-7-4-25(5-8-28)37(46)44-13-10-26-17-32(36-41-23(2)24(3)48-36)49-33(26)29-9-6-27(39)18-31(29)44/h4-9,16-19H,10-15,20-21H2,1-3H3,(H,42,45). The molecule has 2 amide bonds. The van der Waals surface area contributed by atoms with Gasteiger partial charge in [0.25, 0.3) is 11.8 Å². The molecule has 0 bridgehead atoms. The molecule has 0 unspecified atom stereocenters. The van der Waals surface area contributed by atoms with E-state index in [-0.39, 0.29) is 17.2 Å². The smallest absolute Gasteiger partial charge is 0.259 e. The molecule has 2 aromatic carbocycles. The van der Waals surface area contributed by atoms with Crippen LogP contribution in [0.15, 0.2) is 60.8 Å². The minimum absolute atomic E-state index is 0.226. The summed E-state index contributed by atoms with van der Waals surface area (Å²) in [5, 5.41) is 3.99. The summed E-state index contributed by atoms with van der Waals surface area (Å²) in [7, 11) is 0. The third-order valence-corrected chi connectivity index (χ3v) is 12.4. The maximum atomic E-state index is 14.7. The van der Waals surface area contributed by atoms with Crippen molar-refractivity contribution in [1.82, 2.24) is 9.97 Å². The number of pyridine rings is 1. The molecule has 49 heavy (non-hydrogen) atoms. The van der Waals surface area contributed by atoms with E-state index in [4.69, 9.17) is 9.72 Å². The maximum absolute atomic E-state index is 14.7. The predicted octanol–water partition coefficient (Wildman–Crippen LogP) is 8.07. The molecule has 3 aliphatic heterocycles. The van der Waals surface area contributed by atoms with E-state index in [1.54, 1.807) is 64.1 Å². The molecular weight excluding hydrogens is 658 g/mol. The number of carbonyl (C=O) groups is 2. The molecule has 8 rings (SSSR count). The van der Waals surface area contributed by atoms with Crippen molar-refractivity contribution in [1.29, 1.82) is 0 Å². The molecular formula is C38H36FN5O3S2. The molecule has 8 nitrogen and oxygen atoms in total. The highest BCUT2D eigenvalue weighted by Crippen LogP contribution is 2.46. The number of thiophene rings is 1. The molecule has 2 saturated heterocycles. The second-order valence-corrected chi connectivity index (χ2v) is 15.6. The van der Waals surface area contributed by atoms with Crippen LogP contribution < -0.4 is 15.1 Å². The zero-order valence-corrected chi connectivity index (χ0v) is 29.3. The first-order valence-corrected chi connectivity index (χ1v) is 18.2. The molecule has 1 spiro atoms. The van der Waals surface area contributed by atoms with E-state index in [0.717, 1.165) is 76.3 Å². The number of ether oxygens (including phenoxy) is 1. The Morgan fingerprint density at radius 3 is 2.49 bits per heavy atom. The van der Waals surface area contributed by atoms with Gasteiger partial charge in [0.05, 0.1) is 21.8 Å². The van der Waals surface area contributed by atoms with Crippen molar-refractivity contribution < 1.29 is 18.7 Å². The number of aromatic nitrogens is 2. The largest absolute Gasteiger partial charge is 0.381 e. The first-order chi connectivity index (χ1) is 23.7. The molecule has 3 aliphatic rings. The van der Waals surface area contributed by atoms with Crippen molar-refractivity contribution in [3.8, 4) is 20.3 Å². The van der Waals surface area contributed by atoms with Gasteiger partial charge >= 0.3 is 0 Å². The normalized spacial score (nSPS) is 16.5. The van der Waals surface area contributed by atoms with Gasteiger partial charge in [-0.05, 0) is 106 Å². The van der Waals surface area contributed by atoms with Crippen LogP contribution >= 0.6 is 22.7 Å². The quantitative estimate of drug-likeness (QED) is 0.200. The Labute approximate surface area is 292 Å². The fourth-order valence-electron chi connectivity index (χ4n) is 7.08. The number of nitrogens with zero attached hydrogens (tertiary/aromatic N) is 4. The summed E-state index contributed by atoms with van der Waals surface area (Å²) in [5.41, 5.74) is 6.24. The SMILES string of the molecule is Cc1cnc(N2CC3(CCOCC3)C2)c(C(=O)Nc2ccc(C(=O)N3CCc4cc(-c5nc(C)c(C)s5)sc4-c4ccc(F)cc43)cc2)c1. The number of benzene rings is 2. The summed E-state index contributed by atoms with van der Waals surface area (Å²) in [4.78, 5) is 44.1. The van der Waals surface area contributed by atoms with Gasteiger partial charge in [0.2, 0.25) is 0 Å². The number of carbonyl (C=O) groups excluding carboxylic acids is 2. The van der Waals surface area contributed by atoms with Crippen LogP contribution in [0.2, 0.25) is 0 Å². The monoisotopic (exact) mass is 693 g/mol. The van der Waals surface area contributed by atoms with E-state index >= 15 is 0 Å². The Balaban J connectivity index is 1.01. The van der Waals surface area contributed by atoms with Gasteiger partial charge in [-0.15, -0.1) is 22.7 Å². The number of anilines is 3. The molecule has 0 radical (unpaired) electrons. The van der Waals surface area contributed by atoms with E-state index in [1.165, 1.54) is 17.0 Å². The fraction of sp³-hybridized carbons (Fsp3) is 0.316. The Hall–Kier alpha value is -4.45. The van der Waals surface area contributed by atoms with Crippen LogP contribution in [-0.4, -0.2) is 54.6 Å². The van der Waals surface area contributed by atoms with Crippen LogP contribution in [0.3, 0.4) is 0 Å². The minimum atomic E-state index is -0.396. The molecule has 5 aromatic rings. The van der Waals surface area contributed by atoms with Crippen LogP contribution in [0.5, 0.6) is 0 Å². The van der Waals surface area contributed by atoms with E-state index < -0.39 is 5.82 Å². The summed E-state index contributed by atoms with van der Waals surface area (Å²) in [6.45, 7) is 9.73. The Morgan fingerprint density at radius 2 is 1.76 bits per heavy atom. The van der Waals surface area contributed by atoms with Crippen LogP contribution in [0, 0.1) is 32.0 Å². The van der Waals surface area contributed by atoms with Gasteiger partial charge in [-0.25, -0.2) is 14.4 Å². The average Bonchev–Trinajstić information content (AvgIpc) is 3.62. The Morgan fingerprint density at radius 1 is 0.980 bits per heavy atom. The lowest BCUT2D eigenvalue weighted by atomic mass is 9.73. The molecule has 6 heterocycles. The molecule has 0 aliphatic carbocycles. The van der Waals surface area contributed by atoms with Crippen molar-refractivity contribution in [2.24, 2.45) is 5.41 Å². The summed E-state index contributed by atoms with van der Waals surface area (Å²) >= 11 is 3.31. The molecule has 1 N–H and O–H groups in total. The van der Waals surface area contributed by atoms with Gasteiger partial charge in [-0.3, -0.25) is 9.59 Å². The fourth-order valence-corrected chi connectivity index (χ4v) is 9.28. The third kappa shape index (κ3) is 5.94. The first kappa shape index (κ1) is 31.8. The van der Waals surface area contributed by atoms with Gasteiger partial charge in [-0.2, -0.15) is 0 Å². The number of rotatable bonds is 5. The number of thiazole rings is 1. The maximum Gasteiger partial charge on any atom is 0.259 e. The number of amides is 2. The van der Waals surface area contributed by atoms with Crippen molar-refractivity contribution >= 4 is 51.7 Å². The van der Waals surface area contributed by atoms with E-state index in [9.17, 15) is 14.0 Å². The highest BCUT2D eigenvalue weighted by Gasteiger charge is 2.45. The number of hydrogen-bond acceptors (Lipinski definition) is 8. The number of fused-ring (bicyclic) bond motifs is 3. The molecule has 3 aromatic heterocycles. The van der Waals surface area contributed by atoms with Crippen molar-refractivity contribution in [3.05, 3.63) is 99.4 Å². The van der Waals surface area contributed by atoms with Crippen molar-refractivity contribution in [3.63, 3.8) is 0 Å². The minimum Gasteiger partial charge on any atom is -0.381 e. The van der Waals surface area contributed by atoms with Crippen molar-refractivity contribution in [2.45, 2.75) is 40.0 Å². The van der Waals surface area contributed by atoms with Gasteiger partial charge in [0.1, 0.15) is 16.6 Å². The number of aryl methyl sites for hydroxylation is 3. The summed E-state index contributed by atoms with van der Waals surface area (Å²) in [6.07, 6.45) is 4.49. The second-order valence-electron chi connectivity index (χ2n) is 13.4.